The summed E-state index contributed by atoms with van der Waals surface area (Å²) < 4.78 is 14.6. The van der Waals surface area contributed by atoms with Crippen molar-refractivity contribution in [1.29, 1.82) is 0 Å². The van der Waals surface area contributed by atoms with Crippen LogP contribution in [0.15, 0.2) is 81.9 Å². The van der Waals surface area contributed by atoms with Crippen molar-refractivity contribution in [3.63, 3.8) is 0 Å². The van der Waals surface area contributed by atoms with E-state index in [0.717, 1.165) is 9.58 Å². The number of hydrazine groups is 1. The molecule has 0 bridgehead atoms. The maximum atomic E-state index is 15.2. The van der Waals surface area contributed by atoms with Gasteiger partial charge in [0.25, 0.3) is 11.8 Å². The third-order valence-corrected chi connectivity index (χ3v) is 10.1. The summed E-state index contributed by atoms with van der Waals surface area (Å²) in [5.41, 5.74) is 1.90. The average Bonchev–Trinajstić information content (AvgIpc) is 3.42. The first-order chi connectivity index (χ1) is 22.5. The summed E-state index contributed by atoms with van der Waals surface area (Å²) in [7, 11) is 4.40. The molecule has 7 rings (SSSR count). The second-order valence-electron chi connectivity index (χ2n) is 11.7. The fraction of sp³-hybridized carbons (Fsp3) is 0.273. The van der Waals surface area contributed by atoms with Crippen LogP contribution in [0.5, 0.6) is 17.2 Å². The molecule has 0 spiro atoms. The molecule has 3 heterocycles. The van der Waals surface area contributed by atoms with E-state index >= 15 is 4.79 Å². The van der Waals surface area contributed by atoms with E-state index in [2.05, 4.69) is 5.43 Å². The molecule has 2 aliphatic heterocycles. The summed E-state index contributed by atoms with van der Waals surface area (Å²) in [6.07, 6.45) is 1.81. The molecule has 4 atom stereocenters. The van der Waals surface area contributed by atoms with Crippen molar-refractivity contribution in [2.75, 3.05) is 19.6 Å². The summed E-state index contributed by atoms with van der Waals surface area (Å²) in [6.45, 7) is 0.0375. The van der Waals surface area contributed by atoms with E-state index in [4.69, 9.17) is 32.7 Å². The van der Waals surface area contributed by atoms with Crippen molar-refractivity contribution in [2.24, 2.45) is 13.0 Å². The highest BCUT2D eigenvalue weighted by atomic mass is 35.5. The monoisotopic (exact) mass is 677 g/mol. The Hall–Kier alpha value is -4.94. The third-order valence-electron chi connectivity index (χ3n) is 9.58. The lowest BCUT2D eigenvalue weighted by atomic mass is 9.53. The van der Waals surface area contributed by atoms with Gasteiger partial charge in [0.05, 0.1) is 48.8 Å². The molecule has 3 aliphatic rings. The van der Waals surface area contributed by atoms with Crippen molar-refractivity contribution >= 4 is 40.7 Å². The predicted molar refractivity (Wildman–Crippen MR) is 173 cm³/mol. The molecule has 0 radical (unpaired) electrons. The first kappa shape index (κ1) is 30.7. The smallest absolute Gasteiger partial charge is 0.347 e. The fourth-order valence-electron chi connectivity index (χ4n) is 7.45. The number of aromatic nitrogens is 3. The number of benzene rings is 3. The van der Waals surface area contributed by atoms with E-state index in [1.54, 1.807) is 54.6 Å². The molecule has 1 aromatic heterocycles. The molecule has 14 heteroatoms. The van der Waals surface area contributed by atoms with Gasteiger partial charge in [-0.15, -0.1) is 0 Å². The van der Waals surface area contributed by atoms with E-state index < -0.39 is 46.5 Å². The summed E-state index contributed by atoms with van der Waals surface area (Å²) >= 11 is 12.6. The fourth-order valence-corrected chi connectivity index (χ4v) is 7.90. The Morgan fingerprint density at radius 2 is 1.62 bits per heavy atom. The number of fused-ring (bicyclic) bond motifs is 4. The highest BCUT2D eigenvalue weighted by molar-refractivity contribution is 6.36. The van der Waals surface area contributed by atoms with Crippen molar-refractivity contribution in [3.05, 3.63) is 114 Å². The normalized spacial score (nSPS) is 23.1. The molecule has 1 saturated carbocycles. The van der Waals surface area contributed by atoms with Gasteiger partial charge in [-0.25, -0.2) is 23.5 Å². The van der Waals surface area contributed by atoms with E-state index in [0.29, 0.717) is 33.2 Å². The Labute approximate surface area is 277 Å². The molecule has 0 unspecified atom stereocenters. The Morgan fingerprint density at radius 1 is 0.915 bits per heavy atom. The van der Waals surface area contributed by atoms with Gasteiger partial charge in [0.15, 0.2) is 0 Å². The minimum atomic E-state index is -1.64. The van der Waals surface area contributed by atoms with Crippen LogP contribution >= 0.6 is 23.2 Å². The highest BCUT2D eigenvalue weighted by Crippen LogP contribution is 2.63. The van der Waals surface area contributed by atoms with E-state index in [9.17, 15) is 19.5 Å². The number of carbonyl (C=O) groups is 2. The molecule has 1 aliphatic carbocycles. The number of phenolic OH excluding ortho intramolecular Hbond substituents is 1. The number of allylic oxidation sites excluding steroid dienone is 2. The van der Waals surface area contributed by atoms with Crippen LogP contribution in [0.3, 0.4) is 0 Å². The standard InChI is InChI=1S/C33H29Cl2N5O7/c1-37-31(44)38-13-12-21-26(40(38)32(37)45)16-23-29(42)39(36-25-10-6-18(34)14-24(25)35)30(43)33(23,17-4-7-19(46-2)8-5-17)28(21)22-15-20(47-3)9-11-27(22)41/h4-12,14-15,23,26,28,36,41H,13,16H2,1-3H3/t23-,26+,28+,33+/m0/s1. The van der Waals surface area contributed by atoms with E-state index in [-0.39, 0.29) is 29.4 Å². The number of anilines is 1. The van der Waals surface area contributed by atoms with Gasteiger partial charge in [0.2, 0.25) is 0 Å². The highest BCUT2D eigenvalue weighted by Gasteiger charge is 2.69. The van der Waals surface area contributed by atoms with Crippen LogP contribution in [0.1, 0.15) is 29.5 Å². The van der Waals surface area contributed by atoms with Gasteiger partial charge in [-0.05, 0) is 66.1 Å². The molecule has 242 valence electrons. The quantitative estimate of drug-likeness (QED) is 0.231. The number of amides is 2. The van der Waals surface area contributed by atoms with Crippen LogP contribution in [0.25, 0.3) is 0 Å². The summed E-state index contributed by atoms with van der Waals surface area (Å²) in [5.74, 6) is -2.44. The van der Waals surface area contributed by atoms with Crippen molar-refractivity contribution in [3.8, 4) is 17.2 Å². The second-order valence-corrected chi connectivity index (χ2v) is 12.6. The van der Waals surface area contributed by atoms with Crippen LogP contribution in [-0.4, -0.2) is 50.1 Å². The number of rotatable bonds is 6. The largest absolute Gasteiger partial charge is 0.508 e. The zero-order chi connectivity index (χ0) is 33.4. The number of imide groups is 1. The molecule has 1 saturated heterocycles. The lowest BCUT2D eigenvalue weighted by Gasteiger charge is -2.49. The number of nitrogens with zero attached hydrogens (tertiary/aromatic N) is 4. The Kier molecular flexibility index (Phi) is 7.25. The number of nitrogens with one attached hydrogen (secondary N) is 1. The van der Waals surface area contributed by atoms with Crippen molar-refractivity contribution in [2.45, 2.75) is 30.3 Å². The van der Waals surface area contributed by atoms with Crippen LogP contribution in [0, 0.1) is 5.92 Å². The molecule has 2 N–H and O–H groups in total. The number of ether oxygens (including phenoxy) is 2. The molecular weight excluding hydrogens is 649 g/mol. The van der Waals surface area contributed by atoms with Crippen LogP contribution in [-0.2, 0) is 28.6 Å². The van der Waals surface area contributed by atoms with Gasteiger partial charge < -0.3 is 14.6 Å². The predicted octanol–water partition coefficient (Wildman–Crippen LogP) is 4.00. The Bertz CT molecular complexity index is 2120. The Balaban J connectivity index is 1.53. The molecule has 2 amide bonds. The SMILES string of the molecule is COc1ccc([C@@]23C(=O)N(Nc4ccc(Cl)cc4Cl)C(=O)[C@@H]2C[C@@H]2C(=CCn4c(=O)n(C)c(=O)n42)[C@@H]3c2cc(OC)ccc2O)cc1. The number of halogens is 2. The van der Waals surface area contributed by atoms with Crippen molar-refractivity contribution < 1.29 is 24.2 Å². The van der Waals surface area contributed by atoms with Gasteiger partial charge in [0.1, 0.15) is 17.2 Å². The number of hydrogen-bond donors (Lipinski definition) is 2. The lowest BCUT2D eigenvalue weighted by molar-refractivity contribution is -0.138. The summed E-state index contributed by atoms with van der Waals surface area (Å²) in [5, 5.41) is 13.0. The Morgan fingerprint density at radius 3 is 2.30 bits per heavy atom. The molecule has 2 fully saturated rings. The number of aromatic hydroxyl groups is 1. The number of methoxy groups -OCH3 is 2. The second kappa shape index (κ2) is 11.1. The first-order valence-corrected chi connectivity index (χ1v) is 15.5. The zero-order valence-corrected chi connectivity index (χ0v) is 27.0. The third kappa shape index (κ3) is 4.35. The van der Waals surface area contributed by atoms with Gasteiger partial charge in [0, 0.05) is 23.6 Å². The minimum absolute atomic E-state index is 0.000440. The molecule has 47 heavy (non-hydrogen) atoms. The number of phenols is 1. The molecular formula is C33H29Cl2N5O7. The van der Waals surface area contributed by atoms with Gasteiger partial charge in [-0.2, -0.15) is 5.01 Å². The lowest BCUT2D eigenvalue weighted by Crippen LogP contribution is -2.53. The van der Waals surface area contributed by atoms with Gasteiger partial charge in [-0.1, -0.05) is 41.4 Å². The van der Waals surface area contributed by atoms with Crippen LogP contribution < -0.4 is 26.3 Å². The molecule has 12 nitrogen and oxygen atoms in total. The van der Waals surface area contributed by atoms with Crippen molar-refractivity contribution in [1.82, 2.24) is 18.9 Å². The first-order valence-electron chi connectivity index (χ1n) is 14.7. The summed E-state index contributed by atoms with van der Waals surface area (Å²) in [4.78, 5) is 56.4. The number of carbonyl (C=O) groups excluding carboxylic acids is 2. The molecule has 4 aromatic rings. The van der Waals surface area contributed by atoms with Crippen LogP contribution in [0.2, 0.25) is 10.0 Å². The van der Waals surface area contributed by atoms with E-state index in [1.807, 2.05) is 0 Å². The zero-order valence-electron chi connectivity index (χ0n) is 25.4. The van der Waals surface area contributed by atoms with E-state index in [1.165, 1.54) is 42.8 Å². The minimum Gasteiger partial charge on any atom is -0.508 e. The van der Waals surface area contributed by atoms with Gasteiger partial charge in [-0.3, -0.25) is 15.0 Å². The van der Waals surface area contributed by atoms with Gasteiger partial charge >= 0.3 is 11.4 Å². The number of hydrogen-bond acceptors (Lipinski definition) is 8. The summed E-state index contributed by atoms with van der Waals surface area (Å²) in [6, 6.07) is 15.4. The maximum absolute atomic E-state index is 15.2. The average molecular weight is 679 g/mol. The maximum Gasteiger partial charge on any atom is 0.347 e. The topological polar surface area (TPSA) is 137 Å². The van der Waals surface area contributed by atoms with Crippen LogP contribution in [0.4, 0.5) is 5.69 Å². The molecule has 3 aromatic carbocycles.